The molecule has 10 heteroatoms. The van der Waals surface area contributed by atoms with Crippen LogP contribution >= 0.6 is 0 Å². The predicted molar refractivity (Wildman–Crippen MR) is 92.3 cm³/mol. The number of tetrazole rings is 1. The molecule has 0 amide bonds. The van der Waals surface area contributed by atoms with Gasteiger partial charge in [0.25, 0.3) is 0 Å². The molecule has 0 radical (unpaired) electrons. The number of aromatic carboxylic acids is 1. The minimum Gasteiger partial charge on any atom is -0.478 e. The van der Waals surface area contributed by atoms with Gasteiger partial charge in [0.2, 0.25) is 5.82 Å². The zero-order valence-electron chi connectivity index (χ0n) is 13.8. The highest BCUT2D eigenvalue weighted by Gasteiger charge is 2.17. The Labute approximate surface area is 148 Å². The lowest BCUT2D eigenvalue weighted by Gasteiger charge is -2.14. The molecule has 134 valence electrons. The molecule has 0 aliphatic carbocycles. The molecule has 1 saturated heterocycles. The Kier molecular flexibility index (Phi) is 5.40. The zero-order valence-corrected chi connectivity index (χ0v) is 13.8. The van der Waals surface area contributed by atoms with E-state index in [4.69, 9.17) is 10.00 Å². The number of hydrogen-bond acceptors (Lipinski definition) is 8. The molecule has 1 aliphatic rings. The monoisotopic (exact) mass is 355 g/mol. The number of H-pyrrole nitrogens is 1. The lowest BCUT2D eigenvalue weighted by atomic mass is 10.1. The number of aromatic nitrogens is 4. The summed E-state index contributed by atoms with van der Waals surface area (Å²) in [5.41, 5.74) is 1.32. The van der Waals surface area contributed by atoms with Crippen molar-refractivity contribution >= 4 is 22.9 Å². The maximum absolute atomic E-state index is 11.6. The summed E-state index contributed by atoms with van der Waals surface area (Å²) in [6.07, 6.45) is 3.48. The number of anilines is 2. The number of carboxylic acid groups (broad SMARTS) is 1. The van der Waals surface area contributed by atoms with Gasteiger partial charge in [-0.05, 0) is 36.3 Å². The van der Waals surface area contributed by atoms with Gasteiger partial charge in [-0.1, -0.05) is 0 Å². The van der Waals surface area contributed by atoms with Crippen molar-refractivity contribution in [3.63, 3.8) is 0 Å². The third kappa shape index (κ3) is 4.14. The summed E-state index contributed by atoms with van der Waals surface area (Å²) in [5.74, 6) is -0.903. The van der Waals surface area contributed by atoms with Crippen LogP contribution in [0.4, 0.5) is 11.4 Å². The highest BCUT2D eigenvalue weighted by molar-refractivity contribution is 5.95. The zero-order chi connectivity index (χ0) is 18.4. The number of nitrogens with zero attached hydrogens (tertiary/aromatic N) is 4. The lowest BCUT2D eigenvalue weighted by Crippen LogP contribution is -2.19. The van der Waals surface area contributed by atoms with E-state index in [1.165, 1.54) is 12.3 Å². The summed E-state index contributed by atoms with van der Waals surface area (Å²) in [6, 6.07) is 6.82. The van der Waals surface area contributed by atoms with Crippen LogP contribution in [0.15, 0.2) is 24.4 Å². The van der Waals surface area contributed by atoms with Crippen molar-refractivity contribution in [3.8, 4) is 6.07 Å². The number of benzene rings is 1. The quantitative estimate of drug-likeness (QED) is 0.541. The standard InChI is InChI=1S/C16H17N7O3/c17-7-10(15-20-22-23-21-15)8-18-11-3-4-14(13(6-11)16(24)25)19-9-12-2-1-5-26-12/h3-4,6,8,12,18-19H,1-2,5,9H2,(H,24,25)(H,20,21,22,23). The summed E-state index contributed by atoms with van der Waals surface area (Å²) in [7, 11) is 0. The van der Waals surface area contributed by atoms with Crippen LogP contribution in [0.3, 0.4) is 0 Å². The fourth-order valence-corrected chi connectivity index (χ4v) is 2.57. The van der Waals surface area contributed by atoms with Crippen LogP contribution in [0, 0.1) is 11.3 Å². The first-order valence-corrected chi connectivity index (χ1v) is 8.01. The van der Waals surface area contributed by atoms with E-state index in [9.17, 15) is 9.90 Å². The Balaban J connectivity index is 1.73. The van der Waals surface area contributed by atoms with E-state index in [0.29, 0.717) is 17.9 Å². The van der Waals surface area contributed by atoms with Crippen LogP contribution in [0.25, 0.3) is 5.57 Å². The van der Waals surface area contributed by atoms with Crippen molar-refractivity contribution in [2.75, 3.05) is 23.8 Å². The van der Waals surface area contributed by atoms with Gasteiger partial charge in [0.05, 0.1) is 11.7 Å². The van der Waals surface area contributed by atoms with Gasteiger partial charge >= 0.3 is 5.97 Å². The highest BCUT2D eigenvalue weighted by Crippen LogP contribution is 2.22. The third-order valence-corrected chi connectivity index (χ3v) is 3.88. The molecule has 0 spiro atoms. The number of allylic oxidation sites excluding steroid dienone is 1. The molecule has 2 heterocycles. The van der Waals surface area contributed by atoms with Crippen LogP contribution < -0.4 is 10.6 Å². The average Bonchev–Trinajstić information content (AvgIpc) is 3.35. The Morgan fingerprint density at radius 2 is 2.42 bits per heavy atom. The molecule has 0 bridgehead atoms. The molecule has 2 aromatic rings. The maximum Gasteiger partial charge on any atom is 0.337 e. The second-order valence-corrected chi connectivity index (χ2v) is 5.63. The summed E-state index contributed by atoms with van der Waals surface area (Å²) >= 11 is 0. The maximum atomic E-state index is 11.6. The number of carbonyl (C=O) groups is 1. The molecule has 10 nitrogen and oxygen atoms in total. The minimum absolute atomic E-state index is 0.102. The molecule has 1 fully saturated rings. The van der Waals surface area contributed by atoms with Gasteiger partial charge in [0.15, 0.2) is 0 Å². The molecule has 1 aliphatic heterocycles. The van der Waals surface area contributed by atoms with Gasteiger partial charge in [-0.15, -0.1) is 10.2 Å². The van der Waals surface area contributed by atoms with E-state index >= 15 is 0 Å². The first kappa shape index (κ1) is 17.4. The van der Waals surface area contributed by atoms with E-state index < -0.39 is 5.97 Å². The number of nitriles is 1. The Morgan fingerprint density at radius 1 is 1.54 bits per heavy atom. The van der Waals surface area contributed by atoms with E-state index in [1.807, 2.05) is 6.07 Å². The van der Waals surface area contributed by atoms with Crippen molar-refractivity contribution in [1.82, 2.24) is 20.6 Å². The molecule has 0 saturated carbocycles. The second-order valence-electron chi connectivity index (χ2n) is 5.63. The van der Waals surface area contributed by atoms with Crippen molar-refractivity contribution < 1.29 is 14.6 Å². The van der Waals surface area contributed by atoms with Crippen LogP contribution in [-0.4, -0.2) is 51.0 Å². The molecular weight excluding hydrogens is 338 g/mol. The van der Waals surface area contributed by atoms with Crippen LogP contribution in [-0.2, 0) is 4.74 Å². The highest BCUT2D eigenvalue weighted by atomic mass is 16.5. The van der Waals surface area contributed by atoms with Gasteiger partial charge in [-0.3, -0.25) is 0 Å². The van der Waals surface area contributed by atoms with Crippen molar-refractivity contribution in [2.45, 2.75) is 18.9 Å². The van der Waals surface area contributed by atoms with E-state index in [2.05, 4.69) is 31.3 Å². The second kappa shape index (κ2) is 8.09. The summed E-state index contributed by atoms with van der Waals surface area (Å²) in [4.78, 5) is 11.6. The largest absolute Gasteiger partial charge is 0.478 e. The predicted octanol–water partition coefficient (Wildman–Crippen LogP) is 1.47. The van der Waals surface area contributed by atoms with Crippen molar-refractivity contribution in [1.29, 1.82) is 5.26 Å². The fraction of sp³-hybridized carbons (Fsp3) is 0.312. The summed E-state index contributed by atoms with van der Waals surface area (Å²) < 4.78 is 5.53. The van der Waals surface area contributed by atoms with Gasteiger partial charge in [0.1, 0.15) is 11.6 Å². The fourth-order valence-electron chi connectivity index (χ4n) is 2.57. The molecule has 1 unspecified atom stereocenters. The lowest BCUT2D eigenvalue weighted by molar-refractivity contribution is 0.0697. The number of aromatic amines is 1. The molecule has 4 N–H and O–H groups in total. The van der Waals surface area contributed by atoms with Crippen LogP contribution in [0.1, 0.15) is 29.0 Å². The molecule has 3 rings (SSSR count). The summed E-state index contributed by atoms with van der Waals surface area (Å²) in [5, 5.41) is 37.7. The van der Waals surface area contributed by atoms with E-state index in [-0.39, 0.29) is 23.1 Å². The SMILES string of the molecule is N#CC(=CNc1ccc(NCC2CCCO2)c(C(=O)O)c1)c1nn[nH]n1. The topological polar surface area (TPSA) is 149 Å². The molecule has 1 aromatic heterocycles. The number of rotatable bonds is 7. The molecule has 26 heavy (non-hydrogen) atoms. The first-order chi connectivity index (χ1) is 12.7. The normalized spacial score (nSPS) is 16.9. The number of carboxylic acids is 1. The minimum atomic E-state index is -1.05. The first-order valence-electron chi connectivity index (χ1n) is 8.01. The Bertz CT molecular complexity index is 836. The average molecular weight is 355 g/mol. The smallest absolute Gasteiger partial charge is 0.337 e. The van der Waals surface area contributed by atoms with Crippen LogP contribution in [0.2, 0.25) is 0 Å². The van der Waals surface area contributed by atoms with Gasteiger partial charge < -0.3 is 20.5 Å². The van der Waals surface area contributed by atoms with Gasteiger partial charge in [0, 0.05) is 30.7 Å². The van der Waals surface area contributed by atoms with E-state index in [0.717, 1.165) is 19.4 Å². The molecule has 1 aromatic carbocycles. The third-order valence-electron chi connectivity index (χ3n) is 3.88. The Hall–Kier alpha value is -3.45. The molecule has 1 atom stereocenters. The number of ether oxygens (including phenoxy) is 1. The van der Waals surface area contributed by atoms with Gasteiger partial charge in [-0.25, -0.2) is 4.79 Å². The van der Waals surface area contributed by atoms with E-state index in [1.54, 1.807) is 12.1 Å². The molecular formula is C16H17N7O3. The van der Waals surface area contributed by atoms with Gasteiger partial charge in [-0.2, -0.15) is 10.5 Å². The number of nitrogens with one attached hydrogen (secondary N) is 3. The van der Waals surface area contributed by atoms with Crippen LogP contribution in [0.5, 0.6) is 0 Å². The van der Waals surface area contributed by atoms with Crippen molar-refractivity contribution in [2.24, 2.45) is 0 Å². The number of hydrogen-bond donors (Lipinski definition) is 4. The Morgan fingerprint density at radius 3 is 3.08 bits per heavy atom. The van der Waals surface area contributed by atoms with Crippen molar-refractivity contribution in [3.05, 3.63) is 35.8 Å². The summed E-state index contributed by atoms with van der Waals surface area (Å²) in [6.45, 7) is 1.30.